The zero-order valence-electron chi connectivity index (χ0n) is 13.6. The smallest absolute Gasteiger partial charge is 0.412 e. The number of carbonyl (C=O) groups is 2. The van der Waals surface area contributed by atoms with Gasteiger partial charge in [-0.3, -0.25) is 14.7 Å². The summed E-state index contributed by atoms with van der Waals surface area (Å²) in [4.78, 5) is 36.0. The molecule has 124 valence electrons. The fourth-order valence-electron chi connectivity index (χ4n) is 1.81. The lowest BCUT2D eigenvalue weighted by Gasteiger charge is -2.20. The van der Waals surface area contributed by atoms with Gasteiger partial charge in [-0.2, -0.15) is 0 Å². The third-order valence-corrected chi connectivity index (χ3v) is 2.73. The van der Waals surface area contributed by atoms with Gasteiger partial charge in [0.05, 0.1) is 7.11 Å². The molecule has 7 heteroatoms. The summed E-state index contributed by atoms with van der Waals surface area (Å²) in [7, 11) is 1.21. The summed E-state index contributed by atoms with van der Waals surface area (Å²) >= 11 is 0. The first-order valence-electron chi connectivity index (χ1n) is 6.92. The van der Waals surface area contributed by atoms with E-state index < -0.39 is 29.3 Å². The first-order chi connectivity index (χ1) is 10.7. The van der Waals surface area contributed by atoms with Gasteiger partial charge in [-0.15, -0.1) is 12.3 Å². The first kappa shape index (κ1) is 18.3. The zero-order valence-corrected chi connectivity index (χ0v) is 13.6. The number of terminal acetylenes is 1. The van der Waals surface area contributed by atoms with Crippen LogP contribution in [-0.4, -0.2) is 29.3 Å². The topological polar surface area (TPSA) is 86.6 Å². The van der Waals surface area contributed by atoms with Crippen LogP contribution < -0.4 is 10.9 Å². The number of hydrogen-bond donors (Lipinski definition) is 1. The summed E-state index contributed by atoms with van der Waals surface area (Å²) in [6.07, 6.45) is 5.86. The minimum atomic E-state index is -0.960. The summed E-state index contributed by atoms with van der Waals surface area (Å²) < 4.78 is 10.9. The molecule has 1 atom stereocenters. The molecule has 0 unspecified atom stereocenters. The normalized spacial score (nSPS) is 12.0. The molecule has 1 N–H and O–H groups in total. The van der Waals surface area contributed by atoms with Crippen molar-refractivity contribution in [2.75, 3.05) is 12.4 Å². The highest BCUT2D eigenvalue weighted by Gasteiger charge is 2.23. The molecular formula is C16H20N2O5. The molecule has 1 amide bonds. The number of nitrogens with zero attached hydrogens (tertiary/aromatic N) is 1. The molecule has 0 aliphatic heterocycles. The maximum absolute atomic E-state index is 12.4. The van der Waals surface area contributed by atoms with Crippen molar-refractivity contribution < 1.29 is 19.1 Å². The van der Waals surface area contributed by atoms with E-state index in [0.717, 1.165) is 4.57 Å². The number of aromatic nitrogens is 1. The Labute approximate surface area is 134 Å². The van der Waals surface area contributed by atoms with Gasteiger partial charge >= 0.3 is 12.1 Å². The van der Waals surface area contributed by atoms with E-state index in [1.165, 1.54) is 25.4 Å². The lowest BCUT2D eigenvalue weighted by atomic mass is 10.2. The third kappa shape index (κ3) is 5.18. The van der Waals surface area contributed by atoms with E-state index in [-0.39, 0.29) is 12.1 Å². The van der Waals surface area contributed by atoms with Crippen molar-refractivity contribution >= 4 is 17.7 Å². The van der Waals surface area contributed by atoms with Gasteiger partial charge in [0.1, 0.15) is 17.3 Å². The molecule has 1 rings (SSSR count). The number of methoxy groups -OCH3 is 1. The molecule has 23 heavy (non-hydrogen) atoms. The van der Waals surface area contributed by atoms with Crippen molar-refractivity contribution in [1.82, 2.24) is 4.57 Å². The van der Waals surface area contributed by atoms with E-state index in [2.05, 4.69) is 16.0 Å². The fourth-order valence-corrected chi connectivity index (χ4v) is 1.81. The Bertz CT molecular complexity index is 679. The largest absolute Gasteiger partial charge is 0.467 e. The minimum Gasteiger partial charge on any atom is -0.467 e. The maximum Gasteiger partial charge on any atom is 0.412 e. The summed E-state index contributed by atoms with van der Waals surface area (Å²) in [6.45, 7) is 5.11. The van der Waals surface area contributed by atoms with Crippen LogP contribution in [0.15, 0.2) is 23.1 Å². The number of hydrogen-bond acceptors (Lipinski definition) is 5. The monoisotopic (exact) mass is 320 g/mol. The van der Waals surface area contributed by atoms with E-state index in [4.69, 9.17) is 11.2 Å². The molecule has 0 spiro atoms. The van der Waals surface area contributed by atoms with Crippen molar-refractivity contribution in [3.05, 3.63) is 28.7 Å². The molecule has 7 nitrogen and oxygen atoms in total. The molecule has 0 radical (unpaired) electrons. The van der Waals surface area contributed by atoms with Crippen molar-refractivity contribution in [2.45, 2.75) is 38.8 Å². The molecule has 0 saturated carbocycles. The number of amides is 1. The Morgan fingerprint density at radius 3 is 2.61 bits per heavy atom. The Kier molecular flexibility index (Phi) is 5.96. The fraction of sp³-hybridized carbons (Fsp3) is 0.438. The molecule has 0 bridgehead atoms. The van der Waals surface area contributed by atoms with Gasteiger partial charge in [0.15, 0.2) is 0 Å². The molecule has 0 aliphatic carbocycles. The Balaban J connectivity index is 3.11. The molecule has 0 aromatic carbocycles. The summed E-state index contributed by atoms with van der Waals surface area (Å²) in [6, 6.07) is 1.96. The van der Waals surface area contributed by atoms with Gasteiger partial charge in [0.2, 0.25) is 0 Å². The zero-order chi connectivity index (χ0) is 17.6. The van der Waals surface area contributed by atoms with Crippen LogP contribution in [0.3, 0.4) is 0 Å². The van der Waals surface area contributed by atoms with Gasteiger partial charge in [-0.05, 0) is 32.9 Å². The molecule has 0 aliphatic rings. The summed E-state index contributed by atoms with van der Waals surface area (Å²) in [5.74, 6) is 1.69. The van der Waals surface area contributed by atoms with Crippen molar-refractivity contribution in [2.24, 2.45) is 0 Å². The number of esters is 1. The second kappa shape index (κ2) is 7.49. The molecule has 1 aromatic heterocycles. The highest BCUT2D eigenvalue weighted by Crippen LogP contribution is 2.13. The molecule has 0 saturated heterocycles. The van der Waals surface area contributed by atoms with E-state index >= 15 is 0 Å². The molecule has 0 fully saturated rings. The number of rotatable bonds is 4. The van der Waals surface area contributed by atoms with E-state index in [1.807, 2.05) is 0 Å². The number of anilines is 1. The van der Waals surface area contributed by atoms with Crippen LogP contribution in [0.4, 0.5) is 10.5 Å². The Morgan fingerprint density at radius 1 is 1.43 bits per heavy atom. The highest BCUT2D eigenvalue weighted by atomic mass is 16.6. The van der Waals surface area contributed by atoms with Crippen LogP contribution in [0.5, 0.6) is 0 Å². The van der Waals surface area contributed by atoms with E-state index in [9.17, 15) is 14.4 Å². The number of ether oxygens (including phenoxy) is 2. The van der Waals surface area contributed by atoms with Crippen LogP contribution in [0, 0.1) is 12.3 Å². The number of pyridine rings is 1. The number of carbonyl (C=O) groups excluding carboxylic acids is 2. The second-order valence-corrected chi connectivity index (χ2v) is 5.71. The SMILES string of the molecule is C#CC[C@@H](C(=O)OC)n1cccc(NC(=O)OC(C)(C)C)c1=O. The van der Waals surface area contributed by atoms with E-state index in [1.54, 1.807) is 20.8 Å². The van der Waals surface area contributed by atoms with Crippen molar-refractivity contribution in [3.63, 3.8) is 0 Å². The lowest BCUT2D eigenvalue weighted by Crippen LogP contribution is -2.34. The predicted molar refractivity (Wildman–Crippen MR) is 85.1 cm³/mol. The van der Waals surface area contributed by atoms with Crippen molar-refractivity contribution in [1.29, 1.82) is 0 Å². The molecular weight excluding hydrogens is 300 g/mol. The van der Waals surface area contributed by atoms with Gasteiger partial charge in [0.25, 0.3) is 5.56 Å². The predicted octanol–water partition coefficient (Wildman–Crippen LogP) is 1.93. The molecule has 1 heterocycles. The lowest BCUT2D eigenvalue weighted by molar-refractivity contribution is -0.144. The van der Waals surface area contributed by atoms with Gasteiger partial charge in [-0.1, -0.05) is 0 Å². The highest BCUT2D eigenvalue weighted by molar-refractivity contribution is 5.84. The maximum atomic E-state index is 12.4. The standard InChI is InChI=1S/C16H20N2O5/c1-6-8-12(14(20)22-5)18-10-7-9-11(13(18)19)17-15(21)23-16(2,3)4/h1,7,9-10,12H,8H2,2-5H3,(H,17,21)/t12-/m0/s1. The minimum absolute atomic E-state index is 0.0114. The average molecular weight is 320 g/mol. The van der Waals surface area contributed by atoms with Crippen LogP contribution in [0.2, 0.25) is 0 Å². The number of nitrogens with one attached hydrogen (secondary N) is 1. The van der Waals surface area contributed by atoms with Crippen molar-refractivity contribution in [3.8, 4) is 12.3 Å². The summed E-state index contributed by atoms with van der Waals surface area (Å²) in [5.41, 5.74) is -1.30. The van der Waals surface area contributed by atoms with Crippen LogP contribution in [0.25, 0.3) is 0 Å². The third-order valence-electron chi connectivity index (χ3n) is 2.73. The summed E-state index contributed by atoms with van der Waals surface area (Å²) in [5, 5.41) is 2.36. The Morgan fingerprint density at radius 2 is 2.09 bits per heavy atom. The van der Waals surface area contributed by atoms with Crippen LogP contribution >= 0.6 is 0 Å². The van der Waals surface area contributed by atoms with Gasteiger partial charge < -0.3 is 9.47 Å². The quantitative estimate of drug-likeness (QED) is 0.676. The van der Waals surface area contributed by atoms with Crippen LogP contribution in [-0.2, 0) is 14.3 Å². The first-order valence-corrected chi connectivity index (χ1v) is 6.92. The van der Waals surface area contributed by atoms with Crippen LogP contribution in [0.1, 0.15) is 33.2 Å². The second-order valence-electron chi connectivity index (χ2n) is 5.71. The average Bonchev–Trinajstić information content (AvgIpc) is 2.44. The molecule has 1 aromatic rings. The van der Waals surface area contributed by atoms with Gasteiger partial charge in [0, 0.05) is 12.6 Å². The Hall–Kier alpha value is -2.75. The van der Waals surface area contributed by atoms with E-state index in [0.29, 0.717) is 0 Å². The van der Waals surface area contributed by atoms with Gasteiger partial charge in [-0.25, -0.2) is 9.59 Å².